The van der Waals surface area contributed by atoms with Gasteiger partial charge in [-0.1, -0.05) is 85.5 Å². The highest BCUT2D eigenvalue weighted by Crippen LogP contribution is 2.26. The fourth-order valence-corrected chi connectivity index (χ4v) is 3.64. The molecule has 0 aromatic heterocycles. The lowest BCUT2D eigenvalue weighted by Crippen LogP contribution is -2.48. The Morgan fingerprint density at radius 1 is 0.528 bits per heavy atom. The molecule has 36 heavy (non-hydrogen) atoms. The summed E-state index contributed by atoms with van der Waals surface area (Å²) in [7, 11) is 0. The van der Waals surface area contributed by atoms with Crippen LogP contribution in [0.25, 0.3) is 0 Å². The van der Waals surface area contributed by atoms with Crippen molar-refractivity contribution in [2.24, 2.45) is 0 Å². The Bertz CT molecular complexity index is 619. The van der Waals surface area contributed by atoms with Gasteiger partial charge in [-0.2, -0.15) is 0 Å². The van der Waals surface area contributed by atoms with E-state index < -0.39 is 42.3 Å². The first kappa shape index (κ1) is 34.0. The quantitative estimate of drug-likeness (QED) is 0.0685. The van der Waals surface area contributed by atoms with Crippen LogP contribution in [0.2, 0.25) is 0 Å². The van der Waals surface area contributed by atoms with Gasteiger partial charge < -0.3 is 18.9 Å². The standard InChI is InChI=1S/C28H50O8/c1-5-9-12-15-19-33-25(30)22-28(35-21-17-14-11-7-3,23-26(31)36-24(29)18-8-4)27(32)34-20-16-13-10-6-2/h5-23H2,1-4H3. The summed E-state index contributed by atoms with van der Waals surface area (Å²) in [5, 5.41) is 0. The first-order valence-electron chi connectivity index (χ1n) is 14.0. The lowest BCUT2D eigenvalue weighted by atomic mass is 9.94. The van der Waals surface area contributed by atoms with Crippen LogP contribution in [0.4, 0.5) is 0 Å². The molecule has 0 saturated heterocycles. The maximum Gasteiger partial charge on any atom is 0.339 e. The number of unbranched alkanes of at least 4 members (excludes halogenated alkanes) is 9. The van der Waals surface area contributed by atoms with E-state index in [4.69, 9.17) is 18.9 Å². The molecule has 0 aromatic carbocycles. The second-order valence-corrected chi connectivity index (χ2v) is 9.33. The Balaban J connectivity index is 5.53. The summed E-state index contributed by atoms with van der Waals surface area (Å²) < 4.78 is 21.7. The second kappa shape index (κ2) is 22.3. The summed E-state index contributed by atoms with van der Waals surface area (Å²) in [6.07, 6.45) is 10.5. The molecule has 0 heterocycles. The number of esters is 4. The Labute approximate surface area is 218 Å². The Morgan fingerprint density at radius 3 is 1.56 bits per heavy atom. The maximum absolute atomic E-state index is 13.3. The fourth-order valence-electron chi connectivity index (χ4n) is 3.64. The third-order valence-corrected chi connectivity index (χ3v) is 5.78. The van der Waals surface area contributed by atoms with E-state index in [1.165, 1.54) is 0 Å². The predicted octanol–water partition coefficient (Wildman–Crippen LogP) is 6.22. The largest absolute Gasteiger partial charge is 0.466 e. The number of rotatable bonds is 23. The topological polar surface area (TPSA) is 105 Å². The van der Waals surface area contributed by atoms with Crippen molar-refractivity contribution in [1.82, 2.24) is 0 Å². The van der Waals surface area contributed by atoms with Gasteiger partial charge in [0.15, 0.2) is 5.60 Å². The van der Waals surface area contributed by atoms with Crippen molar-refractivity contribution < 1.29 is 38.1 Å². The van der Waals surface area contributed by atoms with E-state index in [-0.39, 0.29) is 26.2 Å². The molecule has 8 nitrogen and oxygen atoms in total. The summed E-state index contributed by atoms with van der Waals surface area (Å²) in [5.74, 6) is -3.03. The van der Waals surface area contributed by atoms with Crippen LogP contribution in [0, 0.1) is 0 Å². The van der Waals surface area contributed by atoms with Gasteiger partial charge in [-0.05, 0) is 25.7 Å². The zero-order valence-electron chi connectivity index (χ0n) is 23.2. The molecule has 0 radical (unpaired) electrons. The van der Waals surface area contributed by atoms with Crippen molar-refractivity contribution in [3.05, 3.63) is 0 Å². The lowest BCUT2D eigenvalue weighted by Gasteiger charge is -2.30. The minimum atomic E-state index is -1.89. The van der Waals surface area contributed by atoms with Gasteiger partial charge in [0.1, 0.15) is 0 Å². The maximum atomic E-state index is 13.3. The number of hydrogen-bond donors (Lipinski definition) is 0. The van der Waals surface area contributed by atoms with Crippen LogP contribution < -0.4 is 0 Å². The number of carbonyl (C=O) groups is 4. The first-order chi connectivity index (χ1) is 17.3. The molecule has 210 valence electrons. The van der Waals surface area contributed by atoms with Crippen LogP contribution in [0.15, 0.2) is 0 Å². The molecule has 1 atom stereocenters. The Hall–Kier alpha value is -1.96. The summed E-state index contributed by atoms with van der Waals surface area (Å²) in [6.45, 7) is 8.62. The van der Waals surface area contributed by atoms with Crippen LogP contribution in [0.5, 0.6) is 0 Å². The highest BCUT2D eigenvalue weighted by atomic mass is 16.6. The van der Waals surface area contributed by atoms with Gasteiger partial charge in [-0.15, -0.1) is 0 Å². The van der Waals surface area contributed by atoms with Gasteiger partial charge >= 0.3 is 23.9 Å². The summed E-state index contributed by atoms with van der Waals surface area (Å²) in [6, 6.07) is 0. The molecular formula is C28H50O8. The average molecular weight is 515 g/mol. The zero-order valence-corrected chi connectivity index (χ0v) is 23.2. The van der Waals surface area contributed by atoms with E-state index in [0.29, 0.717) is 19.3 Å². The molecule has 0 bridgehead atoms. The second-order valence-electron chi connectivity index (χ2n) is 9.33. The molecular weight excluding hydrogens is 464 g/mol. The van der Waals surface area contributed by atoms with Crippen molar-refractivity contribution >= 4 is 23.9 Å². The molecule has 0 aliphatic carbocycles. The zero-order chi connectivity index (χ0) is 27.1. The van der Waals surface area contributed by atoms with E-state index in [1.807, 2.05) is 0 Å². The van der Waals surface area contributed by atoms with Gasteiger partial charge in [0, 0.05) is 13.0 Å². The Morgan fingerprint density at radius 2 is 1.03 bits per heavy atom. The SMILES string of the molecule is CCCCCCOC(=O)CC(CC(=O)OC(=O)CCC)(OCCCCCC)C(=O)OCCCCCC. The van der Waals surface area contributed by atoms with E-state index in [1.54, 1.807) is 6.92 Å². The predicted molar refractivity (Wildman–Crippen MR) is 138 cm³/mol. The summed E-state index contributed by atoms with van der Waals surface area (Å²) in [5.41, 5.74) is -1.89. The van der Waals surface area contributed by atoms with Gasteiger partial charge in [-0.3, -0.25) is 14.4 Å². The van der Waals surface area contributed by atoms with Crippen LogP contribution in [0.3, 0.4) is 0 Å². The molecule has 0 aliphatic rings. The van der Waals surface area contributed by atoms with Crippen LogP contribution >= 0.6 is 0 Å². The third kappa shape index (κ3) is 16.7. The molecule has 0 amide bonds. The van der Waals surface area contributed by atoms with Crippen molar-refractivity contribution in [1.29, 1.82) is 0 Å². The highest BCUT2D eigenvalue weighted by Gasteiger charge is 2.47. The van der Waals surface area contributed by atoms with Crippen LogP contribution in [-0.2, 0) is 38.1 Å². The van der Waals surface area contributed by atoms with Gasteiger partial charge in [-0.25, -0.2) is 4.79 Å². The molecule has 0 rings (SSSR count). The van der Waals surface area contributed by atoms with Crippen molar-refractivity contribution in [2.75, 3.05) is 19.8 Å². The van der Waals surface area contributed by atoms with Crippen molar-refractivity contribution in [3.8, 4) is 0 Å². The normalized spacial score (nSPS) is 12.6. The minimum absolute atomic E-state index is 0.0816. The van der Waals surface area contributed by atoms with Gasteiger partial charge in [0.2, 0.25) is 0 Å². The number of hydrogen-bond acceptors (Lipinski definition) is 8. The molecule has 0 N–H and O–H groups in total. The molecule has 1 unspecified atom stereocenters. The Kier molecular flexibility index (Phi) is 21.0. The third-order valence-electron chi connectivity index (χ3n) is 5.78. The monoisotopic (exact) mass is 514 g/mol. The van der Waals surface area contributed by atoms with Crippen LogP contribution in [-0.4, -0.2) is 49.3 Å². The lowest BCUT2D eigenvalue weighted by molar-refractivity contribution is -0.187. The molecule has 0 aromatic rings. The van der Waals surface area contributed by atoms with Crippen molar-refractivity contribution in [2.45, 2.75) is 136 Å². The average Bonchev–Trinajstić information content (AvgIpc) is 2.83. The minimum Gasteiger partial charge on any atom is -0.466 e. The molecule has 0 fully saturated rings. The smallest absolute Gasteiger partial charge is 0.339 e. The van der Waals surface area contributed by atoms with E-state index in [2.05, 4.69) is 20.8 Å². The van der Waals surface area contributed by atoms with E-state index >= 15 is 0 Å². The molecule has 0 saturated carbocycles. The van der Waals surface area contributed by atoms with E-state index in [9.17, 15) is 19.2 Å². The molecule has 0 spiro atoms. The van der Waals surface area contributed by atoms with Crippen LogP contribution in [0.1, 0.15) is 130 Å². The fraction of sp³-hybridized carbons (Fsp3) is 0.857. The molecule has 0 aliphatic heterocycles. The number of carbonyl (C=O) groups excluding carboxylic acids is 4. The summed E-state index contributed by atoms with van der Waals surface area (Å²) >= 11 is 0. The van der Waals surface area contributed by atoms with Gasteiger partial charge in [0.05, 0.1) is 26.1 Å². The first-order valence-corrected chi connectivity index (χ1v) is 14.0. The highest BCUT2D eigenvalue weighted by molar-refractivity contribution is 5.93. The number of ether oxygens (including phenoxy) is 4. The summed E-state index contributed by atoms with van der Waals surface area (Å²) in [4.78, 5) is 50.5. The van der Waals surface area contributed by atoms with Gasteiger partial charge in [0.25, 0.3) is 0 Å². The van der Waals surface area contributed by atoms with Crippen molar-refractivity contribution in [3.63, 3.8) is 0 Å². The van der Waals surface area contributed by atoms with E-state index in [0.717, 1.165) is 64.2 Å². The molecule has 8 heteroatoms.